The van der Waals surface area contributed by atoms with Crippen molar-refractivity contribution in [1.82, 2.24) is 0 Å². The highest BCUT2D eigenvalue weighted by atomic mass is 16.7. The molecule has 0 N–H and O–H groups in total. The maximum atomic E-state index is 6.55. The van der Waals surface area contributed by atoms with Crippen molar-refractivity contribution in [1.29, 1.82) is 0 Å². The van der Waals surface area contributed by atoms with Crippen LogP contribution in [0.3, 0.4) is 0 Å². The van der Waals surface area contributed by atoms with Gasteiger partial charge in [-0.05, 0) is 164 Å². The molecule has 3 heteroatoms. The van der Waals surface area contributed by atoms with Crippen LogP contribution in [0.2, 0.25) is 0 Å². The lowest BCUT2D eigenvalue weighted by Crippen LogP contribution is -2.07. The minimum atomic E-state index is 0.226. The van der Waals surface area contributed by atoms with Gasteiger partial charge in [0.1, 0.15) is 18.1 Å². The molecule has 0 spiro atoms. The van der Waals surface area contributed by atoms with Crippen molar-refractivity contribution < 1.29 is 14.2 Å². The summed E-state index contributed by atoms with van der Waals surface area (Å²) in [5.41, 5.74) is 13.8. The molecule has 0 bridgehead atoms. The molecule has 0 aromatic heterocycles. The summed E-state index contributed by atoms with van der Waals surface area (Å²) in [6.45, 7) is 23.6. The number of hydrogen-bond acceptors (Lipinski definition) is 3. The Morgan fingerprint density at radius 3 is 1.32 bits per heavy atom. The summed E-state index contributed by atoms with van der Waals surface area (Å²) in [5, 5.41) is 2.12. The van der Waals surface area contributed by atoms with Crippen molar-refractivity contribution in [3.8, 4) is 11.5 Å². The fourth-order valence-electron chi connectivity index (χ4n) is 7.27. The van der Waals surface area contributed by atoms with E-state index in [0.29, 0.717) is 13.2 Å². The van der Waals surface area contributed by atoms with E-state index in [1.54, 1.807) is 0 Å². The van der Waals surface area contributed by atoms with Crippen molar-refractivity contribution >= 4 is 10.8 Å². The second-order valence-corrected chi connectivity index (χ2v) is 16.9. The molecule has 0 aliphatic rings. The first-order valence-electron chi connectivity index (χ1n) is 22.5. The monoisotopic (exact) mass is 799 g/mol. The molecule has 3 aromatic carbocycles. The molecule has 3 aromatic rings. The molecule has 0 fully saturated rings. The Labute approximate surface area is 360 Å². The molecule has 0 aliphatic heterocycles. The number of fused-ring (bicyclic) bond motifs is 1. The Balaban J connectivity index is 1.46. The van der Waals surface area contributed by atoms with Crippen LogP contribution in [0.5, 0.6) is 11.5 Å². The van der Waals surface area contributed by atoms with Crippen LogP contribution in [0.25, 0.3) is 10.8 Å². The molecule has 0 saturated heterocycles. The number of ether oxygens (including phenoxy) is 3. The van der Waals surface area contributed by atoms with Crippen LogP contribution < -0.4 is 9.47 Å². The molecule has 0 heterocycles. The van der Waals surface area contributed by atoms with Crippen LogP contribution in [0, 0.1) is 6.92 Å². The molecule has 320 valence electrons. The predicted octanol–water partition coefficient (Wildman–Crippen LogP) is 17.0. The van der Waals surface area contributed by atoms with E-state index in [1.807, 2.05) is 13.0 Å². The first-order chi connectivity index (χ1) is 28.5. The van der Waals surface area contributed by atoms with Gasteiger partial charge in [0.05, 0.1) is 0 Å². The zero-order valence-corrected chi connectivity index (χ0v) is 38.8. The molecule has 0 radical (unpaired) electrons. The van der Waals surface area contributed by atoms with Gasteiger partial charge in [0.2, 0.25) is 0 Å². The molecule has 3 nitrogen and oxygen atoms in total. The summed E-state index contributed by atoms with van der Waals surface area (Å²) in [4.78, 5) is 0. The molecule has 0 amide bonds. The predicted molar refractivity (Wildman–Crippen MR) is 258 cm³/mol. The number of benzene rings is 3. The zero-order chi connectivity index (χ0) is 42.8. The van der Waals surface area contributed by atoms with Gasteiger partial charge in [-0.2, -0.15) is 0 Å². The van der Waals surface area contributed by atoms with E-state index in [9.17, 15) is 0 Å². The lowest BCUT2D eigenvalue weighted by atomic mass is 9.95. The zero-order valence-electron chi connectivity index (χ0n) is 38.8. The third-order valence-electron chi connectivity index (χ3n) is 11.1. The normalized spacial score (nSPS) is 13.3. The Morgan fingerprint density at radius 2 is 0.881 bits per heavy atom. The van der Waals surface area contributed by atoms with Crippen LogP contribution in [0.4, 0.5) is 0 Å². The Morgan fingerprint density at radius 1 is 0.475 bits per heavy atom. The quantitative estimate of drug-likeness (QED) is 0.0437. The van der Waals surface area contributed by atoms with Gasteiger partial charge in [0.25, 0.3) is 0 Å². The molecular weight excluding hydrogens is 721 g/mol. The molecule has 0 saturated carbocycles. The summed E-state index contributed by atoms with van der Waals surface area (Å²) in [6, 6.07) is 18.8. The number of allylic oxidation sites excluding steroid dienone is 14. The average Bonchev–Trinajstić information content (AvgIpc) is 3.20. The lowest BCUT2D eigenvalue weighted by Gasteiger charge is -2.21. The SMILES string of the molecule is CCOCOc1c(C/C=C(\C)CC/C=C(\C)CC/C=C(\C)CC/C=C(\C)CC/C=C(\C)CC/C=C(\C)CCC=C(C)C)c(C)c(OCc2ccccc2)c2ccccc12. The summed E-state index contributed by atoms with van der Waals surface area (Å²) in [5.74, 6) is 1.82. The molecule has 3 rings (SSSR count). The van der Waals surface area contributed by atoms with Gasteiger partial charge in [-0.25, -0.2) is 0 Å². The standard InChI is InChI=1S/C56H78O3/c1-11-57-42-59-56-52(50(10)55(53-37-15-16-38-54(53)56)58-41-51-35-13-12-14-36-51)40-39-49(9)34-22-33-48(8)32-21-31-47(7)30-20-29-46(6)28-19-27-45(5)26-18-25-44(4)24-17-23-43(2)3/h12-16,23,25,27,29,31,33,35-39H,11,17-22,24,26,28,30,32,34,40-42H2,1-10H3/b44-25+,45-27+,46-29+,47-31+,48-33+,49-39+. The Bertz CT molecular complexity index is 1920. The second kappa shape index (κ2) is 28.2. The summed E-state index contributed by atoms with van der Waals surface area (Å²) >= 11 is 0. The highest BCUT2D eigenvalue weighted by Crippen LogP contribution is 2.41. The Hall–Kier alpha value is -4.34. The van der Waals surface area contributed by atoms with Gasteiger partial charge in [0.15, 0.2) is 6.79 Å². The topological polar surface area (TPSA) is 27.7 Å². The van der Waals surface area contributed by atoms with Gasteiger partial charge in [0, 0.05) is 22.9 Å². The molecule has 0 atom stereocenters. The van der Waals surface area contributed by atoms with E-state index in [0.717, 1.165) is 110 Å². The number of rotatable bonds is 27. The van der Waals surface area contributed by atoms with Gasteiger partial charge in [-0.15, -0.1) is 0 Å². The molecular formula is C56H78O3. The third kappa shape index (κ3) is 19.5. The van der Waals surface area contributed by atoms with Crippen LogP contribution in [0.1, 0.15) is 156 Å². The summed E-state index contributed by atoms with van der Waals surface area (Å²) in [7, 11) is 0. The van der Waals surface area contributed by atoms with E-state index in [2.05, 4.69) is 153 Å². The van der Waals surface area contributed by atoms with Gasteiger partial charge in [-0.1, -0.05) is 136 Å². The van der Waals surface area contributed by atoms with E-state index >= 15 is 0 Å². The minimum Gasteiger partial charge on any atom is -0.488 e. The van der Waals surface area contributed by atoms with Gasteiger partial charge >= 0.3 is 0 Å². The maximum absolute atomic E-state index is 6.55. The van der Waals surface area contributed by atoms with Crippen LogP contribution in [-0.2, 0) is 17.8 Å². The van der Waals surface area contributed by atoms with Crippen LogP contribution in [-0.4, -0.2) is 13.4 Å². The molecule has 0 unspecified atom stereocenters. The molecule has 59 heavy (non-hydrogen) atoms. The molecule has 0 aliphatic carbocycles. The van der Waals surface area contributed by atoms with Crippen molar-refractivity contribution in [3.05, 3.63) is 153 Å². The minimum absolute atomic E-state index is 0.226. The second-order valence-electron chi connectivity index (χ2n) is 16.9. The average molecular weight is 799 g/mol. The van der Waals surface area contributed by atoms with Crippen LogP contribution in [0.15, 0.2) is 136 Å². The van der Waals surface area contributed by atoms with Gasteiger partial charge < -0.3 is 14.2 Å². The van der Waals surface area contributed by atoms with Crippen molar-refractivity contribution in [2.75, 3.05) is 13.4 Å². The first-order valence-corrected chi connectivity index (χ1v) is 22.5. The first kappa shape index (κ1) is 49.0. The summed E-state index contributed by atoms with van der Waals surface area (Å²) < 4.78 is 18.5. The van der Waals surface area contributed by atoms with Crippen molar-refractivity contribution in [3.63, 3.8) is 0 Å². The smallest absolute Gasteiger partial charge is 0.189 e. The fraction of sp³-hybridized carbons (Fsp3) is 0.464. The largest absolute Gasteiger partial charge is 0.488 e. The van der Waals surface area contributed by atoms with Crippen molar-refractivity contribution in [2.45, 2.75) is 159 Å². The maximum Gasteiger partial charge on any atom is 0.189 e. The van der Waals surface area contributed by atoms with Crippen molar-refractivity contribution in [2.24, 2.45) is 0 Å². The highest BCUT2D eigenvalue weighted by Gasteiger charge is 2.19. The summed E-state index contributed by atoms with van der Waals surface area (Å²) in [6.07, 6.45) is 31.3. The van der Waals surface area contributed by atoms with Gasteiger partial charge in [-0.3, -0.25) is 0 Å². The Kier molecular flexibility index (Phi) is 23.4. The van der Waals surface area contributed by atoms with E-state index < -0.39 is 0 Å². The van der Waals surface area contributed by atoms with Crippen LogP contribution >= 0.6 is 0 Å². The fourth-order valence-corrected chi connectivity index (χ4v) is 7.27. The van der Waals surface area contributed by atoms with E-state index in [1.165, 1.54) is 51.9 Å². The number of hydrogen-bond donors (Lipinski definition) is 0. The third-order valence-corrected chi connectivity index (χ3v) is 11.1. The lowest BCUT2D eigenvalue weighted by molar-refractivity contribution is 0.0228. The van der Waals surface area contributed by atoms with E-state index in [-0.39, 0.29) is 6.79 Å². The highest BCUT2D eigenvalue weighted by molar-refractivity contribution is 5.96. The van der Waals surface area contributed by atoms with E-state index in [4.69, 9.17) is 14.2 Å².